The molecule has 27 heavy (non-hydrogen) atoms. The fraction of sp³-hybridized carbons (Fsp3) is 0.550. The first-order valence-electron chi connectivity index (χ1n) is 9.62. The summed E-state index contributed by atoms with van der Waals surface area (Å²) in [5.74, 6) is 1.12. The van der Waals surface area contributed by atoms with Crippen molar-refractivity contribution in [3.05, 3.63) is 35.8 Å². The fourth-order valence-electron chi connectivity index (χ4n) is 3.24. The van der Waals surface area contributed by atoms with Crippen molar-refractivity contribution in [2.45, 2.75) is 19.3 Å². The number of rotatable bonds is 9. The Hall–Kier alpha value is -2.12. The van der Waals surface area contributed by atoms with Crippen LogP contribution in [0.15, 0.2) is 29.4 Å². The molecule has 1 fully saturated rings. The number of fused-ring (bicyclic) bond motifs is 1. The standard InChI is InChI=1S/C20H29FN4O2/c1-22-20(23-7-2-9-26-13-15-6-10-27-14-15)24-8-5-16-12-25-19-4-3-17(21)11-18(16)19/h3-4,11-12,15,25H,2,5-10,13-14H2,1H3,(H2,22,23,24). The van der Waals surface area contributed by atoms with Gasteiger partial charge in [0.1, 0.15) is 5.82 Å². The summed E-state index contributed by atoms with van der Waals surface area (Å²) in [6.45, 7) is 4.75. The summed E-state index contributed by atoms with van der Waals surface area (Å²) in [7, 11) is 1.76. The van der Waals surface area contributed by atoms with Crippen LogP contribution in [0.3, 0.4) is 0 Å². The van der Waals surface area contributed by atoms with Crippen molar-refractivity contribution in [1.82, 2.24) is 15.6 Å². The van der Waals surface area contributed by atoms with Gasteiger partial charge in [-0.3, -0.25) is 4.99 Å². The molecule has 1 saturated heterocycles. The number of halogens is 1. The number of nitrogens with one attached hydrogen (secondary N) is 3. The topological polar surface area (TPSA) is 70.7 Å². The number of guanidine groups is 1. The molecule has 1 unspecified atom stereocenters. The van der Waals surface area contributed by atoms with E-state index in [2.05, 4.69) is 20.6 Å². The fourth-order valence-corrected chi connectivity index (χ4v) is 3.24. The lowest BCUT2D eigenvalue weighted by Gasteiger charge is -2.12. The van der Waals surface area contributed by atoms with Crippen molar-refractivity contribution in [3.63, 3.8) is 0 Å². The Labute approximate surface area is 159 Å². The number of H-pyrrole nitrogens is 1. The molecule has 0 saturated carbocycles. The maximum Gasteiger partial charge on any atom is 0.190 e. The molecule has 0 bridgehead atoms. The average molecular weight is 376 g/mol. The summed E-state index contributed by atoms with van der Waals surface area (Å²) in [6, 6.07) is 4.81. The molecule has 2 aromatic rings. The van der Waals surface area contributed by atoms with Crippen molar-refractivity contribution >= 4 is 16.9 Å². The van der Waals surface area contributed by atoms with Crippen LogP contribution in [-0.2, 0) is 15.9 Å². The number of aliphatic imine (C=N–C) groups is 1. The lowest BCUT2D eigenvalue weighted by Crippen LogP contribution is -2.39. The van der Waals surface area contributed by atoms with Gasteiger partial charge in [0.2, 0.25) is 0 Å². The zero-order valence-corrected chi connectivity index (χ0v) is 15.9. The largest absolute Gasteiger partial charge is 0.381 e. The number of aromatic amines is 1. The number of hydrogen-bond acceptors (Lipinski definition) is 3. The average Bonchev–Trinajstić information content (AvgIpc) is 3.33. The molecule has 0 amide bonds. The van der Waals surface area contributed by atoms with E-state index < -0.39 is 0 Å². The molecule has 3 rings (SSSR count). The lowest BCUT2D eigenvalue weighted by molar-refractivity contribution is 0.0888. The zero-order valence-electron chi connectivity index (χ0n) is 15.9. The van der Waals surface area contributed by atoms with Gasteiger partial charge in [-0.15, -0.1) is 0 Å². The van der Waals surface area contributed by atoms with Crippen LogP contribution in [0.2, 0.25) is 0 Å². The van der Waals surface area contributed by atoms with E-state index in [1.54, 1.807) is 19.2 Å². The van der Waals surface area contributed by atoms with E-state index in [0.29, 0.717) is 5.92 Å². The normalized spacial score (nSPS) is 17.6. The Morgan fingerprint density at radius 3 is 3.07 bits per heavy atom. The third-order valence-electron chi connectivity index (χ3n) is 4.78. The van der Waals surface area contributed by atoms with Gasteiger partial charge in [-0.2, -0.15) is 0 Å². The van der Waals surface area contributed by atoms with Gasteiger partial charge >= 0.3 is 0 Å². The molecule has 6 nitrogen and oxygen atoms in total. The van der Waals surface area contributed by atoms with Crippen LogP contribution in [-0.4, -0.2) is 57.5 Å². The van der Waals surface area contributed by atoms with Gasteiger partial charge in [0.05, 0.1) is 13.2 Å². The van der Waals surface area contributed by atoms with Gasteiger partial charge < -0.3 is 25.1 Å². The molecule has 2 heterocycles. The Morgan fingerprint density at radius 2 is 2.26 bits per heavy atom. The maximum absolute atomic E-state index is 13.4. The zero-order chi connectivity index (χ0) is 18.9. The van der Waals surface area contributed by atoms with E-state index in [1.165, 1.54) is 6.07 Å². The summed E-state index contributed by atoms with van der Waals surface area (Å²) in [5, 5.41) is 7.52. The van der Waals surface area contributed by atoms with Gasteiger partial charge in [0.15, 0.2) is 5.96 Å². The highest BCUT2D eigenvalue weighted by Gasteiger charge is 2.15. The lowest BCUT2D eigenvalue weighted by atomic mass is 10.1. The molecular formula is C20H29FN4O2. The number of aromatic nitrogens is 1. The van der Waals surface area contributed by atoms with Crippen LogP contribution < -0.4 is 10.6 Å². The van der Waals surface area contributed by atoms with Crippen LogP contribution in [0.25, 0.3) is 10.9 Å². The first-order chi connectivity index (χ1) is 13.3. The number of benzene rings is 1. The summed E-state index contributed by atoms with van der Waals surface area (Å²) < 4.78 is 24.5. The van der Waals surface area contributed by atoms with Crippen LogP contribution in [0, 0.1) is 11.7 Å². The van der Waals surface area contributed by atoms with E-state index in [4.69, 9.17) is 9.47 Å². The molecule has 1 aromatic heterocycles. The van der Waals surface area contributed by atoms with Crippen molar-refractivity contribution in [1.29, 1.82) is 0 Å². The van der Waals surface area contributed by atoms with E-state index >= 15 is 0 Å². The van der Waals surface area contributed by atoms with Crippen LogP contribution in [0.4, 0.5) is 4.39 Å². The van der Waals surface area contributed by atoms with Crippen molar-refractivity contribution in [3.8, 4) is 0 Å². The molecule has 1 atom stereocenters. The summed E-state index contributed by atoms with van der Waals surface area (Å²) in [4.78, 5) is 7.41. The SMILES string of the molecule is CN=C(NCCCOCC1CCOC1)NCCc1c[nH]c2ccc(F)cc12. The van der Waals surface area contributed by atoms with Crippen LogP contribution >= 0.6 is 0 Å². The summed E-state index contributed by atoms with van der Waals surface area (Å²) in [6.07, 6.45) is 4.76. The molecule has 3 N–H and O–H groups in total. The highest BCUT2D eigenvalue weighted by atomic mass is 19.1. The Morgan fingerprint density at radius 1 is 1.37 bits per heavy atom. The minimum atomic E-state index is -0.212. The van der Waals surface area contributed by atoms with Crippen molar-refractivity contribution < 1.29 is 13.9 Å². The molecule has 0 spiro atoms. The predicted octanol–water partition coefficient (Wildman–Crippen LogP) is 2.46. The smallest absolute Gasteiger partial charge is 0.190 e. The molecule has 0 radical (unpaired) electrons. The predicted molar refractivity (Wildman–Crippen MR) is 106 cm³/mol. The van der Waals surface area contributed by atoms with E-state index in [0.717, 1.165) is 81.2 Å². The maximum atomic E-state index is 13.4. The number of ether oxygens (including phenoxy) is 2. The third kappa shape index (κ3) is 5.94. The highest BCUT2D eigenvalue weighted by molar-refractivity contribution is 5.83. The Balaban J connectivity index is 1.31. The second-order valence-electron chi connectivity index (χ2n) is 6.84. The Bertz CT molecular complexity index is 741. The van der Waals surface area contributed by atoms with Crippen molar-refractivity contribution in [2.75, 3.05) is 46.6 Å². The van der Waals surface area contributed by atoms with Crippen molar-refractivity contribution in [2.24, 2.45) is 10.9 Å². The molecule has 1 aliphatic rings. The molecule has 1 aliphatic heterocycles. The summed E-state index contributed by atoms with van der Waals surface area (Å²) in [5.41, 5.74) is 2.05. The van der Waals surface area contributed by atoms with E-state index in [-0.39, 0.29) is 5.82 Å². The molecule has 7 heteroatoms. The van der Waals surface area contributed by atoms with Gasteiger partial charge in [-0.05, 0) is 43.0 Å². The quantitative estimate of drug-likeness (QED) is 0.357. The number of nitrogens with zero attached hydrogens (tertiary/aromatic N) is 1. The van der Waals surface area contributed by atoms with Gasteiger partial charge in [0, 0.05) is 56.4 Å². The van der Waals surface area contributed by atoms with Gasteiger partial charge in [0.25, 0.3) is 0 Å². The second kappa shape index (κ2) is 10.3. The van der Waals surface area contributed by atoms with Crippen LogP contribution in [0.5, 0.6) is 0 Å². The first kappa shape index (κ1) is 19.6. The van der Waals surface area contributed by atoms with E-state index in [1.807, 2.05) is 6.20 Å². The van der Waals surface area contributed by atoms with E-state index in [9.17, 15) is 4.39 Å². The first-order valence-corrected chi connectivity index (χ1v) is 9.62. The van der Waals surface area contributed by atoms with Gasteiger partial charge in [-0.25, -0.2) is 4.39 Å². The molecule has 1 aromatic carbocycles. The molecule has 148 valence electrons. The monoisotopic (exact) mass is 376 g/mol. The minimum Gasteiger partial charge on any atom is -0.381 e. The minimum absolute atomic E-state index is 0.212. The van der Waals surface area contributed by atoms with Gasteiger partial charge in [-0.1, -0.05) is 0 Å². The molecular weight excluding hydrogens is 347 g/mol. The number of hydrogen-bond donors (Lipinski definition) is 3. The second-order valence-corrected chi connectivity index (χ2v) is 6.84. The highest BCUT2D eigenvalue weighted by Crippen LogP contribution is 2.19. The molecule has 0 aliphatic carbocycles. The van der Waals surface area contributed by atoms with Crippen LogP contribution in [0.1, 0.15) is 18.4 Å². The summed E-state index contributed by atoms with van der Waals surface area (Å²) >= 11 is 0. The Kier molecular flexibility index (Phi) is 7.47. The third-order valence-corrected chi connectivity index (χ3v) is 4.78.